The summed E-state index contributed by atoms with van der Waals surface area (Å²) in [5.41, 5.74) is 3.49. The molecule has 6 heteroatoms. The topological polar surface area (TPSA) is 66.5 Å². The molecule has 0 radical (unpaired) electrons. The highest BCUT2D eigenvalue weighted by molar-refractivity contribution is 7.92. The van der Waals surface area contributed by atoms with Crippen LogP contribution in [0.1, 0.15) is 37.3 Å². The summed E-state index contributed by atoms with van der Waals surface area (Å²) in [7, 11) is -3.33. The quantitative estimate of drug-likeness (QED) is 0.806. The summed E-state index contributed by atoms with van der Waals surface area (Å²) in [6.45, 7) is 2.49. The second-order valence-corrected chi connectivity index (χ2v) is 8.43. The standard InChI is InChI=1S/C20H24N2O3S/c1-2-3-13-26(24,25)21-18-10-11-19-17(14-18)9-12-20(23)22(19)15-16-7-5-4-6-8-16/h4-8,10-11,14,21H,2-3,9,12-13,15H2,1H3. The Morgan fingerprint density at radius 1 is 1.08 bits per heavy atom. The number of benzene rings is 2. The Morgan fingerprint density at radius 3 is 2.58 bits per heavy atom. The SMILES string of the molecule is CCCCS(=O)(=O)Nc1ccc2c(c1)CCC(=O)N2Cc1ccccc1. The Balaban J connectivity index is 1.82. The number of amides is 1. The van der Waals surface area contributed by atoms with Crippen molar-refractivity contribution in [3.8, 4) is 0 Å². The highest BCUT2D eigenvalue weighted by Crippen LogP contribution is 2.31. The first-order valence-electron chi connectivity index (χ1n) is 8.96. The number of nitrogens with zero attached hydrogens (tertiary/aromatic N) is 1. The minimum absolute atomic E-state index is 0.0950. The molecule has 3 rings (SSSR count). The molecule has 0 atom stereocenters. The van der Waals surface area contributed by atoms with E-state index >= 15 is 0 Å². The molecule has 1 aliphatic rings. The van der Waals surface area contributed by atoms with E-state index in [1.54, 1.807) is 11.0 Å². The van der Waals surface area contributed by atoms with Crippen molar-refractivity contribution >= 4 is 27.3 Å². The Bertz CT molecular complexity index is 879. The number of hydrogen-bond acceptors (Lipinski definition) is 3. The lowest BCUT2D eigenvalue weighted by Gasteiger charge is -2.30. The number of nitrogens with one attached hydrogen (secondary N) is 1. The van der Waals surface area contributed by atoms with Crippen LogP contribution in [0.2, 0.25) is 0 Å². The Hall–Kier alpha value is -2.34. The lowest BCUT2D eigenvalue weighted by atomic mass is 10.00. The molecule has 1 amide bonds. The normalized spacial score (nSPS) is 14.2. The molecule has 0 bridgehead atoms. The van der Waals surface area contributed by atoms with Gasteiger partial charge in [0.2, 0.25) is 15.9 Å². The molecule has 0 fully saturated rings. The molecule has 2 aromatic rings. The number of unbranched alkanes of at least 4 members (excludes halogenated alkanes) is 1. The first kappa shape index (κ1) is 18.5. The molecule has 1 heterocycles. The number of hydrogen-bond donors (Lipinski definition) is 1. The van der Waals surface area contributed by atoms with Crippen molar-refractivity contribution in [2.24, 2.45) is 0 Å². The van der Waals surface area contributed by atoms with Gasteiger partial charge in [-0.1, -0.05) is 43.7 Å². The fourth-order valence-corrected chi connectivity index (χ4v) is 4.38. The lowest BCUT2D eigenvalue weighted by molar-refractivity contribution is -0.119. The Labute approximate surface area is 155 Å². The van der Waals surface area contributed by atoms with E-state index in [0.29, 0.717) is 31.5 Å². The molecular weight excluding hydrogens is 348 g/mol. The van der Waals surface area contributed by atoms with E-state index in [9.17, 15) is 13.2 Å². The average molecular weight is 372 g/mol. The van der Waals surface area contributed by atoms with E-state index in [4.69, 9.17) is 0 Å². The molecule has 1 N–H and O–H groups in total. The van der Waals surface area contributed by atoms with Crippen molar-refractivity contribution in [1.82, 2.24) is 0 Å². The van der Waals surface area contributed by atoms with Crippen LogP contribution in [-0.4, -0.2) is 20.1 Å². The van der Waals surface area contributed by atoms with Crippen LogP contribution < -0.4 is 9.62 Å². The monoisotopic (exact) mass is 372 g/mol. The number of rotatable bonds is 7. The van der Waals surface area contributed by atoms with Crippen molar-refractivity contribution in [2.45, 2.75) is 39.2 Å². The van der Waals surface area contributed by atoms with Gasteiger partial charge in [-0.25, -0.2) is 8.42 Å². The number of fused-ring (bicyclic) bond motifs is 1. The zero-order valence-electron chi connectivity index (χ0n) is 14.9. The number of carbonyl (C=O) groups is 1. The summed E-state index contributed by atoms with van der Waals surface area (Å²) >= 11 is 0. The van der Waals surface area contributed by atoms with Gasteiger partial charge in [0, 0.05) is 17.8 Å². The summed E-state index contributed by atoms with van der Waals surface area (Å²) in [6, 6.07) is 15.3. The molecule has 0 spiro atoms. The molecule has 0 saturated heterocycles. The van der Waals surface area contributed by atoms with Crippen molar-refractivity contribution in [3.05, 3.63) is 59.7 Å². The van der Waals surface area contributed by atoms with E-state index < -0.39 is 10.0 Å². The molecule has 0 aromatic heterocycles. The zero-order chi connectivity index (χ0) is 18.6. The van der Waals surface area contributed by atoms with Crippen LogP contribution >= 0.6 is 0 Å². The minimum atomic E-state index is -3.33. The summed E-state index contributed by atoms with van der Waals surface area (Å²) in [4.78, 5) is 14.2. The molecule has 138 valence electrons. The smallest absolute Gasteiger partial charge is 0.232 e. The van der Waals surface area contributed by atoms with E-state index in [-0.39, 0.29) is 11.7 Å². The molecule has 1 aliphatic heterocycles. The van der Waals surface area contributed by atoms with E-state index in [1.807, 2.05) is 49.4 Å². The number of carbonyl (C=O) groups excluding carboxylic acids is 1. The van der Waals surface area contributed by atoms with Crippen LogP contribution in [0.15, 0.2) is 48.5 Å². The Morgan fingerprint density at radius 2 is 1.85 bits per heavy atom. The van der Waals surface area contributed by atoms with Gasteiger partial charge in [-0.05, 0) is 42.2 Å². The van der Waals surface area contributed by atoms with E-state index in [0.717, 1.165) is 23.2 Å². The summed E-state index contributed by atoms with van der Waals surface area (Å²) in [5.74, 6) is 0.219. The van der Waals surface area contributed by atoms with Gasteiger partial charge in [-0.15, -0.1) is 0 Å². The fraction of sp³-hybridized carbons (Fsp3) is 0.350. The fourth-order valence-electron chi connectivity index (χ4n) is 3.13. The maximum atomic E-state index is 12.4. The van der Waals surface area contributed by atoms with E-state index in [1.165, 1.54) is 0 Å². The second-order valence-electron chi connectivity index (χ2n) is 6.58. The average Bonchev–Trinajstić information content (AvgIpc) is 2.63. The van der Waals surface area contributed by atoms with Gasteiger partial charge in [0.25, 0.3) is 0 Å². The van der Waals surface area contributed by atoms with Gasteiger partial charge >= 0.3 is 0 Å². The third-order valence-corrected chi connectivity index (χ3v) is 5.88. The van der Waals surface area contributed by atoms with Gasteiger partial charge < -0.3 is 4.90 Å². The molecule has 0 aliphatic carbocycles. The maximum Gasteiger partial charge on any atom is 0.232 e. The third-order valence-electron chi connectivity index (χ3n) is 4.50. The molecule has 0 saturated carbocycles. The van der Waals surface area contributed by atoms with E-state index in [2.05, 4.69) is 4.72 Å². The van der Waals surface area contributed by atoms with Gasteiger partial charge in [0.1, 0.15) is 0 Å². The highest BCUT2D eigenvalue weighted by atomic mass is 32.2. The molecule has 5 nitrogen and oxygen atoms in total. The molecule has 2 aromatic carbocycles. The van der Waals surface area contributed by atoms with Crippen LogP contribution in [0.4, 0.5) is 11.4 Å². The minimum Gasteiger partial charge on any atom is -0.308 e. The van der Waals surface area contributed by atoms with Gasteiger partial charge in [-0.2, -0.15) is 0 Å². The largest absolute Gasteiger partial charge is 0.308 e. The Kier molecular flexibility index (Phi) is 5.61. The highest BCUT2D eigenvalue weighted by Gasteiger charge is 2.24. The van der Waals surface area contributed by atoms with Crippen LogP contribution in [0.5, 0.6) is 0 Å². The second kappa shape index (κ2) is 7.91. The van der Waals surface area contributed by atoms with Crippen molar-refractivity contribution in [3.63, 3.8) is 0 Å². The zero-order valence-corrected chi connectivity index (χ0v) is 15.8. The summed E-state index contributed by atoms with van der Waals surface area (Å²) in [6.07, 6.45) is 2.54. The molecule has 0 unspecified atom stereocenters. The first-order chi connectivity index (χ1) is 12.5. The number of sulfonamides is 1. The van der Waals surface area contributed by atoms with Crippen molar-refractivity contribution in [2.75, 3.05) is 15.4 Å². The predicted molar refractivity (Wildman–Crippen MR) is 105 cm³/mol. The van der Waals surface area contributed by atoms with Gasteiger partial charge in [0.15, 0.2) is 0 Å². The first-order valence-corrected chi connectivity index (χ1v) is 10.6. The van der Waals surface area contributed by atoms with Gasteiger partial charge in [0.05, 0.1) is 12.3 Å². The van der Waals surface area contributed by atoms with Crippen molar-refractivity contribution < 1.29 is 13.2 Å². The van der Waals surface area contributed by atoms with Crippen molar-refractivity contribution in [1.29, 1.82) is 0 Å². The number of anilines is 2. The van der Waals surface area contributed by atoms with Gasteiger partial charge in [-0.3, -0.25) is 9.52 Å². The molecular formula is C20H24N2O3S. The summed E-state index contributed by atoms with van der Waals surface area (Å²) < 4.78 is 26.9. The maximum absolute atomic E-state index is 12.4. The predicted octanol–water partition coefficient (Wildman–Crippen LogP) is 3.71. The third kappa shape index (κ3) is 4.43. The summed E-state index contributed by atoms with van der Waals surface area (Å²) in [5, 5.41) is 0. The number of aryl methyl sites for hydroxylation is 1. The molecule has 26 heavy (non-hydrogen) atoms. The lowest BCUT2D eigenvalue weighted by Crippen LogP contribution is -2.34. The van der Waals surface area contributed by atoms with Crippen LogP contribution in [0.25, 0.3) is 0 Å². The van der Waals surface area contributed by atoms with Crippen LogP contribution in [-0.2, 0) is 27.8 Å². The van der Waals surface area contributed by atoms with Crippen LogP contribution in [0.3, 0.4) is 0 Å². The van der Waals surface area contributed by atoms with Crippen LogP contribution in [0, 0.1) is 0 Å².